The van der Waals surface area contributed by atoms with Gasteiger partial charge in [-0.3, -0.25) is 44.5 Å². The van der Waals surface area contributed by atoms with Crippen LogP contribution in [0.2, 0.25) is 0 Å². The van der Waals surface area contributed by atoms with E-state index in [-0.39, 0.29) is 35.1 Å². The Bertz CT molecular complexity index is 3890. The second-order valence-electron chi connectivity index (χ2n) is 17.5. The van der Waals surface area contributed by atoms with Gasteiger partial charge in [0, 0.05) is 62.9 Å². The van der Waals surface area contributed by atoms with Gasteiger partial charge < -0.3 is 33.6 Å². The lowest BCUT2D eigenvalue weighted by Gasteiger charge is -2.35. The molecule has 1 fully saturated rings. The zero-order valence-corrected chi connectivity index (χ0v) is 40.4. The maximum absolute atomic E-state index is 12.6. The van der Waals surface area contributed by atoms with Crippen molar-refractivity contribution in [1.82, 2.24) is 34.8 Å². The molecule has 384 valence electrons. The number of nitrogens with one attached hydrogen (secondary N) is 5. The number of anilines is 3. The fourth-order valence-corrected chi connectivity index (χ4v) is 8.68. The zero-order chi connectivity index (χ0) is 52.6. The topological polar surface area (TPSA) is 332 Å². The van der Waals surface area contributed by atoms with Gasteiger partial charge in [0.2, 0.25) is 5.95 Å². The summed E-state index contributed by atoms with van der Waals surface area (Å²) >= 11 is 5.40. The van der Waals surface area contributed by atoms with Crippen LogP contribution in [-0.2, 0) is 35.3 Å². The predicted octanol–water partition coefficient (Wildman–Crippen LogP) is 5.63. The van der Waals surface area contributed by atoms with Crippen LogP contribution in [0.1, 0.15) is 22.3 Å². The molecule has 12 rings (SSSR count). The van der Waals surface area contributed by atoms with E-state index in [1.165, 1.54) is 29.3 Å². The average Bonchev–Trinajstić information content (AvgIpc) is 4.23. The standard InChI is InChI=1S/C27H28N6O3.C10H8ClNO3.C7H4N2O4.C7H6N2O2/c34-23(11-18-5-6-24-25(12-18)36-27(35)31-24)17-32-7-9-33(10-8-32)22-15-28-26(29-16-22)30-21-13-19-3-1-2-4-20(19)14-21;11-5-7(13)3-6-1-2-8-9(4-6)15-10(14)12-8;10-7-8-5-2-1-4(9(11)12)3-6(5)13-7;8-4-1-2-5-6(3-4)11-7(10)9-5/h1-6,12,15-16,21H,7-11,13-14,17H2,(H,31,35)(H,28,29,30);1-2,4H,3,5H2,(H,12,14);1-3H,(H,8,10);1-3H,8H2,(H,9,10). The van der Waals surface area contributed by atoms with Crippen LogP contribution in [0.4, 0.5) is 23.0 Å². The number of nitrogens with two attached hydrogens (primary N) is 1. The lowest BCUT2D eigenvalue weighted by atomic mass is 10.1. The van der Waals surface area contributed by atoms with Crippen LogP contribution >= 0.6 is 11.6 Å². The average molecular weight is 1040 g/mol. The van der Waals surface area contributed by atoms with Gasteiger partial charge in [0.15, 0.2) is 33.9 Å². The molecule has 0 radical (unpaired) electrons. The summed E-state index contributed by atoms with van der Waals surface area (Å²) in [6.45, 7) is 3.66. The third-order valence-electron chi connectivity index (χ3n) is 12.1. The largest absolute Gasteiger partial charge is 0.417 e. The number of ketones is 2. The van der Waals surface area contributed by atoms with Crippen LogP contribution in [0.15, 0.2) is 146 Å². The molecule has 2 aliphatic rings. The monoisotopic (exact) mass is 1040 g/mol. The van der Waals surface area contributed by atoms with Crippen LogP contribution in [-0.4, -0.2) is 95.9 Å². The Morgan fingerprint density at radius 2 is 1.12 bits per heavy atom. The molecular formula is C51H46ClN11O12. The van der Waals surface area contributed by atoms with Crippen molar-refractivity contribution in [1.29, 1.82) is 0 Å². The Morgan fingerprint density at radius 1 is 0.653 bits per heavy atom. The highest BCUT2D eigenvalue weighted by Gasteiger charge is 2.23. The van der Waals surface area contributed by atoms with Gasteiger partial charge in [-0.15, -0.1) is 11.6 Å². The van der Waals surface area contributed by atoms with Gasteiger partial charge in [-0.05, 0) is 77.6 Å². The Labute approximate surface area is 426 Å². The Balaban J connectivity index is 0.000000144. The summed E-state index contributed by atoms with van der Waals surface area (Å²) in [7, 11) is 0. The van der Waals surface area contributed by atoms with Gasteiger partial charge in [-0.1, -0.05) is 36.4 Å². The van der Waals surface area contributed by atoms with Crippen molar-refractivity contribution in [3.05, 3.63) is 184 Å². The van der Waals surface area contributed by atoms with Gasteiger partial charge in [0.1, 0.15) is 0 Å². The Kier molecular flexibility index (Phi) is 15.2. The number of nitro groups is 1. The van der Waals surface area contributed by atoms with Crippen molar-refractivity contribution in [2.45, 2.75) is 31.7 Å². The number of non-ortho nitro benzene ring substituents is 1. The summed E-state index contributed by atoms with van der Waals surface area (Å²) in [5.41, 5.74) is 15.4. The molecule has 24 heteroatoms. The van der Waals surface area contributed by atoms with Gasteiger partial charge in [-0.25, -0.2) is 29.1 Å². The van der Waals surface area contributed by atoms with E-state index in [9.17, 15) is 38.9 Å². The molecule has 0 saturated carbocycles. The van der Waals surface area contributed by atoms with Crippen molar-refractivity contribution in [2.24, 2.45) is 0 Å². The highest BCUT2D eigenvalue weighted by molar-refractivity contribution is 6.27. The lowest BCUT2D eigenvalue weighted by molar-refractivity contribution is -0.384. The van der Waals surface area contributed by atoms with Crippen LogP contribution in [0.5, 0.6) is 0 Å². The molecule has 0 amide bonds. The third-order valence-corrected chi connectivity index (χ3v) is 12.4. The molecule has 23 nitrogen and oxygen atoms in total. The summed E-state index contributed by atoms with van der Waals surface area (Å²) in [6, 6.07) is 28.4. The minimum absolute atomic E-state index is 0.00484. The first-order chi connectivity index (χ1) is 36.2. The molecule has 1 aliphatic heterocycles. The van der Waals surface area contributed by atoms with E-state index in [0.717, 1.165) is 55.8 Å². The van der Waals surface area contributed by atoms with Gasteiger partial charge >= 0.3 is 23.0 Å². The number of hydrogen-bond donors (Lipinski definition) is 6. The molecule has 5 aromatic carbocycles. The van der Waals surface area contributed by atoms with Crippen LogP contribution in [0.3, 0.4) is 0 Å². The van der Waals surface area contributed by atoms with Crippen molar-refractivity contribution < 1.29 is 32.2 Å². The van der Waals surface area contributed by atoms with Gasteiger partial charge in [0.25, 0.3) is 5.69 Å². The van der Waals surface area contributed by atoms with Gasteiger partial charge in [-0.2, -0.15) is 0 Å². The molecule has 1 saturated heterocycles. The fourth-order valence-electron chi connectivity index (χ4n) is 8.58. The summed E-state index contributed by atoms with van der Waals surface area (Å²) in [5.74, 6) is -1.30. The molecule has 0 bridgehead atoms. The van der Waals surface area contributed by atoms with Crippen molar-refractivity contribution >= 4 is 90.6 Å². The van der Waals surface area contributed by atoms with E-state index in [1.807, 2.05) is 18.5 Å². The van der Waals surface area contributed by atoms with E-state index < -0.39 is 27.9 Å². The van der Waals surface area contributed by atoms with Crippen LogP contribution in [0.25, 0.3) is 44.4 Å². The number of alkyl halides is 1. The number of rotatable bonds is 11. The van der Waals surface area contributed by atoms with E-state index in [1.54, 1.807) is 48.5 Å². The zero-order valence-electron chi connectivity index (χ0n) is 39.6. The number of nitro benzene ring substituents is 1. The molecule has 7 N–H and O–H groups in total. The number of oxazole rings is 4. The van der Waals surface area contributed by atoms with E-state index >= 15 is 0 Å². The number of aromatic amines is 4. The summed E-state index contributed by atoms with van der Waals surface area (Å²) in [6.07, 6.45) is 6.34. The lowest BCUT2D eigenvalue weighted by Crippen LogP contribution is -2.48. The number of H-pyrrole nitrogens is 4. The van der Waals surface area contributed by atoms with E-state index in [4.69, 9.17) is 30.6 Å². The molecule has 75 heavy (non-hydrogen) atoms. The van der Waals surface area contributed by atoms with E-state index in [0.29, 0.717) is 69.5 Å². The highest BCUT2D eigenvalue weighted by Crippen LogP contribution is 2.25. The number of nitrogen functional groups attached to an aromatic ring is 1. The molecular weight excluding hydrogens is 994 g/mol. The molecule has 5 aromatic heterocycles. The minimum atomic E-state index is -0.615. The number of benzene rings is 5. The fraction of sp³-hybridized carbons (Fsp3) is 0.216. The van der Waals surface area contributed by atoms with Crippen molar-refractivity contribution in [3.8, 4) is 0 Å². The first kappa shape index (κ1) is 50.6. The number of carbonyl (C=O) groups excluding carboxylic acids is 2. The molecule has 6 heterocycles. The Hall–Kier alpha value is -9.35. The number of carbonyl (C=O) groups is 2. The molecule has 0 atom stereocenters. The summed E-state index contributed by atoms with van der Waals surface area (Å²) in [4.78, 5) is 101. The minimum Gasteiger partial charge on any atom is -0.408 e. The van der Waals surface area contributed by atoms with Crippen LogP contribution < -0.4 is 39.0 Å². The number of aromatic nitrogens is 6. The van der Waals surface area contributed by atoms with Crippen molar-refractivity contribution in [3.63, 3.8) is 0 Å². The maximum atomic E-state index is 12.6. The number of nitrogens with zero attached hydrogens (tertiary/aromatic N) is 5. The molecule has 1 aliphatic carbocycles. The first-order valence-corrected chi connectivity index (χ1v) is 23.8. The van der Waals surface area contributed by atoms with E-state index in [2.05, 4.69) is 73.7 Å². The predicted molar refractivity (Wildman–Crippen MR) is 278 cm³/mol. The normalized spacial score (nSPS) is 13.4. The van der Waals surface area contributed by atoms with Crippen LogP contribution in [0, 0.1) is 10.1 Å². The molecule has 0 spiro atoms. The first-order valence-electron chi connectivity index (χ1n) is 23.3. The summed E-state index contributed by atoms with van der Waals surface area (Å²) in [5, 5.41) is 13.8. The number of fused-ring (bicyclic) bond motifs is 5. The number of halogens is 1. The quantitative estimate of drug-likeness (QED) is 0.0396. The molecule has 10 aromatic rings. The van der Waals surface area contributed by atoms with Crippen molar-refractivity contribution in [2.75, 3.05) is 54.6 Å². The summed E-state index contributed by atoms with van der Waals surface area (Å²) < 4.78 is 19.4. The second kappa shape index (κ2) is 22.6. The SMILES string of the molecule is Nc1ccc2[nH]c(=O)oc2c1.O=C(CCl)Cc1ccc2[nH]c(=O)oc2c1.O=C(Cc1ccc2[nH]c(=O)oc2c1)CN1CCN(c2cnc(NC3Cc4ccccc4C3)nc2)CC1.O=c1[nH]c2ccc([N+](=O)[O-])cc2o1. The maximum Gasteiger partial charge on any atom is 0.417 e. The smallest absolute Gasteiger partial charge is 0.408 e. The second-order valence-corrected chi connectivity index (χ2v) is 17.8. The Morgan fingerprint density at radius 3 is 1.63 bits per heavy atom. The number of piperazine rings is 1. The third kappa shape index (κ3) is 13.0. The highest BCUT2D eigenvalue weighted by atomic mass is 35.5. The number of hydrogen-bond acceptors (Lipinski definition) is 18. The van der Waals surface area contributed by atoms with Gasteiger partial charge in [0.05, 0.1) is 63.6 Å². The molecule has 0 unspecified atom stereocenters. The number of Topliss-reactive ketones (excluding diaryl/α,β-unsaturated/α-hetero) is 2.